The standard InChI is InChI=1S/C22H43/c1-3-5-7-9-11-13-15-17-19-21-22-20-18-16-14-12-10-8-6-4-2/h18,20H,1,3-17,19,21-22H2,2H3/b20-18+. The van der Waals surface area contributed by atoms with Crippen LogP contribution in [-0.2, 0) is 0 Å². The molecule has 0 unspecified atom stereocenters. The van der Waals surface area contributed by atoms with Crippen LogP contribution in [0.2, 0.25) is 0 Å². The molecule has 0 bridgehead atoms. The lowest BCUT2D eigenvalue weighted by atomic mass is 10.1. The van der Waals surface area contributed by atoms with Gasteiger partial charge in [-0.15, -0.1) is 0 Å². The number of hydrogen-bond donors (Lipinski definition) is 0. The third kappa shape index (κ3) is 19.7. The van der Waals surface area contributed by atoms with Crippen molar-refractivity contribution in [2.75, 3.05) is 0 Å². The normalized spacial score (nSPS) is 11.5. The molecule has 0 spiro atoms. The lowest BCUT2D eigenvalue weighted by Crippen LogP contribution is -1.81. The molecular formula is C22H43. The number of rotatable bonds is 18. The third-order valence-electron chi connectivity index (χ3n) is 4.51. The summed E-state index contributed by atoms with van der Waals surface area (Å²) in [6.45, 7) is 6.18. The van der Waals surface area contributed by atoms with E-state index in [1.165, 1.54) is 109 Å². The van der Waals surface area contributed by atoms with E-state index in [0.29, 0.717) is 0 Å². The van der Waals surface area contributed by atoms with Gasteiger partial charge in [0, 0.05) is 0 Å². The maximum Gasteiger partial charge on any atom is -0.0351 e. The zero-order chi connectivity index (χ0) is 16.1. The Morgan fingerprint density at radius 3 is 1.27 bits per heavy atom. The van der Waals surface area contributed by atoms with Crippen LogP contribution in [0.5, 0.6) is 0 Å². The molecule has 0 saturated heterocycles. The molecule has 0 aromatic rings. The summed E-state index contributed by atoms with van der Waals surface area (Å²) < 4.78 is 0. The predicted octanol–water partition coefficient (Wildman–Crippen LogP) is 8.42. The highest BCUT2D eigenvalue weighted by atomic mass is 14.0. The first-order chi connectivity index (χ1) is 10.9. The summed E-state index contributed by atoms with van der Waals surface area (Å²) >= 11 is 0. The van der Waals surface area contributed by atoms with Crippen molar-refractivity contribution in [3.63, 3.8) is 0 Å². The Labute approximate surface area is 142 Å². The van der Waals surface area contributed by atoms with Crippen LogP contribution in [0.1, 0.15) is 122 Å². The first-order valence-electron chi connectivity index (χ1n) is 10.4. The molecule has 0 fully saturated rings. The highest BCUT2D eigenvalue weighted by Crippen LogP contribution is 2.12. The Morgan fingerprint density at radius 2 is 0.864 bits per heavy atom. The van der Waals surface area contributed by atoms with E-state index in [4.69, 9.17) is 0 Å². The Morgan fingerprint density at radius 1 is 0.500 bits per heavy atom. The van der Waals surface area contributed by atoms with Gasteiger partial charge in [-0.2, -0.15) is 0 Å². The monoisotopic (exact) mass is 307 g/mol. The Kier molecular flexibility index (Phi) is 20.5. The van der Waals surface area contributed by atoms with Crippen LogP contribution in [0, 0.1) is 6.92 Å². The van der Waals surface area contributed by atoms with Crippen LogP contribution in [0.3, 0.4) is 0 Å². The Hall–Kier alpha value is -0.260. The molecular weight excluding hydrogens is 264 g/mol. The highest BCUT2D eigenvalue weighted by molar-refractivity contribution is 4.81. The molecule has 0 rings (SSSR count). The molecule has 131 valence electrons. The van der Waals surface area contributed by atoms with Crippen molar-refractivity contribution in [1.29, 1.82) is 0 Å². The summed E-state index contributed by atoms with van der Waals surface area (Å²) in [5, 5.41) is 0. The van der Waals surface area contributed by atoms with Crippen LogP contribution in [0.25, 0.3) is 0 Å². The van der Waals surface area contributed by atoms with Crippen molar-refractivity contribution in [3.05, 3.63) is 19.1 Å². The van der Waals surface area contributed by atoms with Gasteiger partial charge >= 0.3 is 0 Å². The molecule has 0 saturated carbocycles. The minimum absolute atomic E-state index is 1.12. The summed E-state index contributed by atoms with van der Waals surface area (Å²) in [4.78, 5) is 0. The van der Waals surface area contributed by atoms with Gasteiger partial charge in [0.05, 0.1) is 0 Å². The summed E-state index contributed by atoms with van der Waals surface area (Å²) in [6, 6.07) is 0. The van der Waals surface area contributed by atoms with Crippen LogP contribution in [0.4, 0.5) is 0 Å². The first kappa shape index (κ1) is 21.7. The van der Waals surface area contributed by atoms with Gasteiger partial charge in [0.25, 0.3) is 0 Å². The maximum absolute atomic E-state index is 3.89. The molecule has 0 aromatic carbocycles. The minimum Gasteiger partial charge on any atom is -0.0885 e. The molecule has 1 radical (unpaired) electrons. The first-order valence-corrected chi connectivity index (χ1v) is 10.4. The fourth-order valence-electron chi connectivity index (χ4n) is 2.95. The van der Waals surface area contributed by atoms with E-state index >= 15 is 0 Å². The predicted molar refractivity (Wildman–Crippen MR) is 103 cm³/mol. The topological polar surface area (TPSA) is 0 Å². The van der Waals surface area contributed by atoms with Crippen molar-refractivity contribution in [1.82, 2.24) is 0 Å². The average Bonchev–Trinajstić information content (AvgIpc) is 2.54. The molecule has 0 aliphatic rings. The molecule has 22 heavy (non-hydrogen) atoms. The number of hydrogen-bond acceptors (Lipinski definition) is 0. The summed E-state index contributed by atoms with van der Waals surface area (Å²) in [5.74, 6) is 0. The van der Waals surface area contributed by atoms with Gasteiger partial charge in [-0.05, 0) is 25.7 Å². The highest BCUT2D eigenvalue weighted by Gasteiger charge is 1.92. The molecule has 0 amide bonds. The van der Waals surface area contributed by atoms with Gasteiger partial charge in [0.1, 0.15) is 0 Å². The van der Waals surface area contributed by atoms with E-state index in [-0.39, 0.29) is 0 Å². The number of unbranched alkanes of at least 4 members (excludes halogenated alkanes) is 16. The van der Waals surface area contributed by atoms with Gasteiger partial charge in [-0.1, -0.05) is 116 Å². The third-order valence-corrected chi connectivity index (χ3v) is 4.51. The summed E-state index contributed by atoms with van der Waals surface area (Å²) in [5.41, 5.74) is 0. The van der Waals surface area contributed by atoms with E-state index in [1.807, 2.05) is 0 Å². The zero-order valence-electron chi connectivity index (χ0n) is 15.6. The van der Waals surface area contributed by atoms with E-state index < -0.39 is 0 Å². The van der Waals surface area contributed by atoms with Gasteiger partial charge < -0.3 is 0 Å². The minimum atomic E-state index is 1.12. The summed E-state index contributed by atoms with van der Waals surface area (Å²) in [7, 11) is 0. The van der Waals surface area contributed by atoms with Crippen molar-refractivity contribution in [3.8, 4) is 0 Å². The van der Waals surface area contributed by atoms with Crippen LogP contribution in [-0.4, -0.2) is 0 Å². The average molecular weight is 308 g/mol. The largest absolute Gasteiger partial charge is 0.0885 e. The summed E-state index contributed by atoms with van der Waals surface area (Å²) in [6.07, 6.45) is 29.8. The van der Waals surface area contributed by atoms with Crippen molar-refractivity contribution < 1.29 is 0 Å². The molecule has 0 heteroatoms. The van der Waals surface area contributed by atoms with Crippen molar-refractivity contribution in [2.24, 2.45) is 0 Å². The van der Waals surface area contributed by atoms with Gasteiger partial charge in [0.2, 0.25) is 0 Å². The van der Waals surface area contributed by atoms with Gasteiger partial charge in [-0.25, -0.2) is 0 Å². The van der Waals surface area contributed by atoms with E-state index in [1.54, 1.807) is 0 Å². The lowest BCUT2D eigenvalue weighted by molar-refractivity contribution is 0.561. The quantitative estimate of drug-likeness (QED) is 0.176. The van der Waals surface area contributed by atoms with E-state index in [9.17, 15) is 0 Å². The molecule has 0 aliphatic heterocycles. The second-order valence-electron chi connectivity index (χ2n) is 6.85. The zero-order valence-corrected chi connectivity index (χ0v) is 15.6. The second-order valence-corrected chi connectivity index (χ2v) is 6.85. The smallest absolute Gasteiger partial charge is 0.0351 e. The number of allylic oxidation sites excluding steroid dienone is 2. The van der Waals surface area contributed by atoms with E-state index in [0.717, 1.165) is 6.42 Å². The fourth-order valence-corrected chi connectivity index (χ4v) is 2.95. The molecule has 0 nitrogen and oxygen atoms in total. The van der Waals surface area contributed by atoms with Crippen LogP contribution < -0.4 is 0 Å². The van der Waals surface area contributed by atoms with Gasteiger partial charge in [0.15, 0.2) is 0 Å². The van der Waals surface area contributed by atoms with Crippen molar-refractivity contribution in [2.45, 2.75) is 122 Å². The molecule has 0 N–H and O–H groups in total. The van der Waals surface area contributed by atoms with Crippen LogP contribution in [0.15, 0.2) is 12.2 Å². The lowest BCUT2D eigenvalue weighted by Gasteiger charge is -2.01. The molecule has 0 aliphatic carbocycles. The Bertz CT molecular complexity index is 204. The fraction of sp³-hybridized carbons (Fsp3) is 0.864. The maximum atomic E-state index is 3.89. The SMILES string of the molecule is [CH2]CCCCCCCCCCC/C=C/CCCCCCCC. The molecule has 0 atom stereocenters. The van der Waals surface area contributed by atoms with Gasteiger partial charge in [-0.3, -0.25) is 0 Å². The second kappa shape index (κ2) is 20.7. The van der Waals surface area contributed by atoms with E-state index in [2.05, 4.69) is 26.0 Å². The Balaban J connectivity index is 3.02. The molecule has 0 heterocycles. The van der Waals surface area contributed by atoms with Crippen molar-refractivity contribution >= 4 is 0 Å². The van der Waals surface area contributed by atoms with Crippen LogP contribution >= 0.6 is 0 Å². The molecule has 0 aromatic heterocycles.